The van der Waals surface area contributed by atoms with Crippen LogP contribution in [0.3, 0.4) is 0 Å². The van der Waals surface area contributed by atoms with Crippen LogP contribution in [0.4, 0.5) is 11.4 Å². The monoisotopic (exact) mass is 736 g/mol. The highest BCUT2D eigenvalue weighted by atomic mass is 16.5. The van der Waals surface area contributed by atoms with Crippen molar-refractivity contribution >= 4 is 41.6 Å². The summed E-state index contributed by atoms with van der Waals surface area (Å²) in [5, 5.41) is 20.9. The molecule has 4 aliphatic heterocycles. The zero-order valence-electron chi connectivity index (χ0n) is 34.5. The Morgan fingerprint density at radius 3 is 1.42 bits per heavy atom. The van der Waals surface area contributed by atoms with Crippen LogP contribution < -0.4 is 19.3 Å². The average Bonchev–Trinajstić information content (AvgIpc) is 3.11. The fraction of sp³-hybridized carbons (Fsp3) is 0.479. The lowest BCUT2D eigenvalue weighted by Gasteiger charge is -2.48. The number of benzene rings is 3. The van der Waals surface area contributed by atoms with E-state index in [0.717, 1.165) is 74.3 Å². The summed E-state index contributed by atoms with van der Waals surface area (Å²) in [6, 6.07) is 12.8. The van der Waals surface area contributed by atoms with Crippen LogP contribution in [0.15, 0.2) is 24.3 Å². The van der Waals surface area contributed by atoms with E-state index in [1.54, 1.807) is 12.1 Å². The molecule has 7 heteroatoms. The van der Waals surface area contributed by atoms with Crippen LogP contribution in [0.2, 0.25) is 0 Å². The van der Waals surface area contributed by atoms with Gasteiger partial charge in [-0.15, -0.1) is 0 Å². The first-order valence-corrected chi connectivity index (χ1v) is 20.0. The second-order valence-corrected chi connectivity index (χ2v) is 18.6. The number of anilines is 2. The smallest absolute Gasteiger partial charge is 0.308 e. The zero-order chi connectivity index (χ0) is 39.7. The average molecular weight is 737 g/mol. The lowest BCUT2D eigenvalue weighted by molar-refractivity contribution is -0.132. The van der Waals surface area contributed by atoms with Crippen molar-refractivity contribution < 1.29 is 14.3 Å². The first kappa shape index (κ1) is 38.3. The molecule has 7 rings (SSSR count). The van der Waals surface area contributed by atoms with Crippen LogP contribution in [-0.4, -0.2) is 38.8 Å². The van der Waals surface area contributed by atoms with Crippen molar-refractivity contribution in [3.05, 3.63) is 79.9 Å². The largest absolute Gasteiger partial charge is 0.493 e. The lowest BCUT2D eigenvalue weighted by Crippen LogP contribution is -2.45. The van der Waals surface area contributed by atoms with Crippen molar-refractivity contribution in [2.45, 2.75) is 117 Å². The van der Waals surface area contributed by atoms with Crippen molar-refractivity contribution in [3.8, 4) is 23.6 Å². The van der Waals surface area contributed by atoms with Crippen molar-refractivity contribution in [2.75, 3.05) is 42.6 Å². The Labute approximate surface area is 328 Å². The van der Waals surface area contributed by atoms with E-state index >= 15 is 0 Å². The van der Waals surface area contributed by atoms with Crippen molar-refractivity contribution in [3.63, 3.8) is 0 Å². The normalized spacial score (nSPS) is 19.7. The summed E-state index contributed by atoms with van der Waals surface area (Å²) < 4.78 is 12.5. The number of ether oxygens (including phenoxy) is 2. The van der Waals surface area contributed by atoms with E-state index in [1.807, 2.05) is 25.2 Å². The number of nitriles is 2. The van der Waals surface area contributed by atoms with E-state index in [-0.39, 0.29) is 27.6 Å². The minimum Gasteiger partial charge on any atom is -0.493 e. The molecule has 0 N–H and O–H groups in total. The van der Waals surface area contributed by atoms with Crippen LogP contribution >= 0.6 is 0 Å². The van der Waals surface area contributed by atoms with Gasteiger partial charge in [-0.1, -0.05) is 79.7 Å². The Morgan fingerprint density at radius 1 is 0.636 bits per heavy atom. The SMILES string of the molecule is CCOc1c(/C=C/c2cc(C#N)c(/C=C/c3cc4c5c(c3OC(C)=O)C(C)(C)CCN5CCC4(C)C)cc2C#N)cc2c3c1C(C)(C)CCN3CCC2(C)C. The Bertz CT molecular complexity index is 2240. The van der Waals surface area contributed by atoms with Gasteiger partial charge in [0.2, 0.25) is 0 Å². The molecule has 0 bridgehead atoms. The molecule has 55 heavy (non-hydrogen) atoms. The van der Waals surface area contributed by atoms with Gasteiger partial charge >= 0.3 is 5.97 Å². The van der Waals surface area contributed by atoms with Crippen molar-refractivity contribution in [1.29, 1.82) is 10.5 Å². The molecule has 0 radical (unpaired) electrons. The Kier molecular flexibility index (Phi) is 9.48. The third kappa shape index (κ3) is 6.60. The van der Waals surface area contributed by atoms with E-state index in [0.29, 0.717) is 34.6 Å². The van der Waals surface area contributed by atoms with Crippen LogP contribution in [0, 0.1) is 22.7 Å². The number of carbonyl (C=O) groups excluding carboxylic acids is 1. The van der Waals surface area contributed by atoms with Crippen LogP contribution in [0.5, 0.6) is 11.5 Å². The summed E-state index contributed by atoms with van der Waals surface area (Å²) in [4.78, 5) is 17.6. The van der Waals surface area contributed by atoms with Gasteiger partial charge in [-0.3, -0.25) is 4.79 Å². The molecule has 0 saturated carbocycles. The van der Waals surface area contributed by atoms with E-state index in [4.69, 9.17) is 9.47 Å². The number of carbonyl (C=O) groups is 1. The predicted octanol–water partition coefficient (Wildman–Crippen LogP) is 10.4. The first-order valence-electron chi connectivity index (χ1n) is 20.0. The molecule has 0 amide bonds. The Balaban J connectivity index is 1.33. The van der Waals surface area contributed by atoms with Crippen molar-refractivity contribution in [2.24, 2.45) is 0 Å². The molecule has 0 atom stereocenters. The van der Waals surface area contributed by atoms with Gasteiger partial charge in [-0.2, -0.15) is 10.5 Å². The first-order chi connectivity index (χ1) is 25.9. The third-order valence-electron chi connectivity index (χ3n) is 12.9. The molecular weight excluding hydrogens is 681 g/mol. The fourth-order valence-electron chi connectivity index (χ4n) is 9.41. The summed E-state index contributed by atoms with van der Waals surface area (Å²) in [5.74, 6) is 1.12. The Hall–Kier alpha value is -5.01. The van der Waals surface area contributed by atoms with E-state index in [2.05, 4.69) is 95.5 Å². The molecule has 0 unspecified atom stereocenters. The molecular formula is C48H56N4O3. The van der Waals surface area contributed by atoms with Gasteiger partial charge < -0.3 is 19.3 Å². The molecule has 286 valence electrons. The van der Waals surface area contributed by atoms with Gasteiger partial charge in [0.15, 0.2) is 0 Å². The summed E-state index contributed by atoms with van der Waals surface area (Å²) in [5.41, 5.74) is 11.2. The van der Waals surface area contributed by atoms with Crippen molar-refractivity contribution in [1.82, 2.24) is 0 Å². The molecule has 3 aromatic carbocycles. The minimum atomic E-state index is -0.366. The number of hydrogen-bond donors (Lipinski definition) is 0. The topological polar surface area (TPSA) is 89.6 Å². The molecule has 4 aliphatic rings. The standard InChI is InChI=1S/C48H56N4O3/c1-11-54-43-33(26-37-41-39(43)47(7,8)18-22-51(41)20-16-45(37,3)4)14-12-31-24-36(29-50)32(25-35(31)28-49)13-15-34-27-38-42-40(44(34)55-30(2)53)48(9,10)19-23-52(42)21-17-46(38,5)6/h12-15,24-27H,11,16-23H2,1-10H3/b14-12+,15-13+. The molecule has 0 fully saturated rings. The third-order valence-corrected chi connectivity index (χ3v) is 12.9. The summed E-state index contributed by atoms with van der Waals surface area (Å²) in [7, 11) is 0. The van der Waals surface area contributed by atoms with Crippen LogP contribution in [0.1, 0.15) is 151 Å². The van der Waals surface area contributed by atoms with Crippen LogP contribution in [-0.2, 0) is 26.5 Å². The maximum absolute atomic E-state index is 12.6. The summed E-state index contributed by atoms with van der Waals surface area (Å²) in [6.07, 6.45) is 12.0. The molecule has 3 aromatic rings. The number of esters is 1. The maximum atomic E-state index is 12.6. The highest BCUT2D eigenvalue weighted by Gasteiger charge is 2.44. The second-order valence-electron chi connectivity index (χ2n) is 18.6. The highest BCUT2D eigenvalue weighted by molar-refractivity contribution is 5.86. The van der Waals surface area contributed by atoms with E-state index < -0.39 is 0 Å². The highest BCUT2D eigenvalue weighted by Crippen LogP contribution is 2.55. The zero-order valence-corrected chi connectivity index (χ0v) is 34.5. The van der Waals surface area contributed by atoms with E-state index in [9.17, 15) is 15.3 Å². The van der Waals surface area contributed by atoms with Gasteiger partial charge in [-0.05, 0) is 101 Å². The minimum absolute atomic E-state index is 0.0110. The molecule has 7 nitrogen and oxygen atoms in total. The van der Waals surface area contributed by atoms with Gasteiger partial charge in [0.1, 0.15) is 11.5 Å². The molecule has 0 spiro atoms. The second kappa shape index (κ2) is 13.6. The number of rotatable bonds is 7. The predicted molar refractivity (Wildman–Crippen MR) is 224 cm³/mol. The molecule has 4 heterocycles. The van der Waals surface area contributed by atoms with Gasteiger partial charge in [0.05, 0.1) is 29.9 Å². The summed E-state index contributed by atoms with van der Waals surface area (Å²) >= 11 is 0. The summed E-state index contributed by atoms with van der Waals surface area (Å²) in [6.45, 7) is 26.4. The van der Waals surface area contributed by atoms with Crippen LogP contribution in [0.25, 0.3) is 24.3 Å². The van der Waals surface area contributed by atoms with E-state index in [1.165, 1.54) is 35.0 Å². The maximum Gasteiger partial charge on any atom is 0.308 e. The molecule has 0 saturated heterocycles. The molecule has 0 aromatic heterocycles. The number of hydrogen-bond acceptors (Lipinski definition) is 7. The van der Waals surface area contributed by atoms with Gasteiger partial charge in [-0.25, -0.2) is 0 Å². The number of nitrogens with zero attached hydrogens (tertiary/aromatic N) is 4. The Morgan fingerprint density at radius 2 is 1.02 bits per heavy atom. The lowest BCUT2D eigenvalue weighted by atomic mass is 9.68. The quantitative estimate of drug-likeness (QED) is 0.136. The molecule has 0 aliphatic carbocycles. The fourth-order valence-corrected chi connectivity index (χ4v) is 9.41. The van der Waals surface area contributed by atoms with Gasteiger partial charge in [0.25, 0.3) is 0 Å². The van der Waals surface area contributed by atoms with Gasteiger partial charge in [0, 0.05) is 66.7 Å².